The van der Waals surface area contributed by atoms with Crippen molar-refractivity contribution in [3.05, 3.63) is 23.8 Å². The van der Waals surface area contributed by atoms with Crippen LogP contribution in [0.5, 0.6) is 0 Å². The number of hydrogen-bond acceptors (Lipinski definition) is 4. The van der Waals surface area contributed by atoms with Crippen LogP contribution in [0.4, 0.5) is 0 Å². The molecule has 0 aliphatic heterocycles. The number of aryl methyl sites for hydroxylation is 1. The first-order valence-corrected chi connectivity index (χ1v) is 6.05. The number of nitrogens with zero attached hydrogens (tertiary/aromatic N) is 2. The number of aliphatic hydroxyl groups excluding tert-OH is 1. The third-order valence-corrected chi connectivity index (χ3v) is 2.59. The van der Waals surface area contributed by atoms with Crippen LogP contribution in [0.3, 0.4) is 0 Å². The summed E-state index contributed by atoms with van der Waals surface area (Å²) in [6.45, 7) is 8.06. The van der Waals surface area contributed by atoms with Gasteiger partial charge in [0.1, 0.15) is 5.69 Å². The molecule has 0 aliphatic carbocycles. The Morgan fingerprint density at radius 1 is 1.44 bits per heavy atom. The number of carbonyl (C=O) groups excluding carboxylic acids is 1. The highest BCUT2D eigenvalue weighted by atomic mass is 16.3. The molecule has 0 saturated carbocycles. The smallest absolute Gasteiger partial charge is 0.271 e. The molecule has 1 amide bonds. The largest absolute Gasteiger partial charge is 0.393 e. The minimum absolute atomic E-state index is 0.151. The van der Waals surface area contributed by atoms with Gasteiger partial charge in [-0.1, -0.05) is 13.8 Å². The summed E-state index contributed by atoms with van der Waals surface area (Å²) in [6.07, 6.45) is 3.28. The summed E-state index contributed by atoms with van der Waals surface area (Å²) >= 11 is 0. The minimum Gasteiger partial charge on any atom is -0.393 e. The maximum absolute atomic E-state index is 11.8. The molecule has 1 aromatic rings. The van der Waals surface area contributed by atoms with E-state index < -0.39 is 0 Å². The monoisotopic (exact) mass is 251 g/mol. The van der Waals surface area contributed by atoms with Crippen LogP contribution < -0.4 is 5.32 Å². The van der Waals surface area contributed by atoms with Crippen molar-refractivity contribution < 1.29 is 9.90 Å². The number of aliphatic hydroxyl groups is 1. The summed E-state index contributed by atoms with van der Waals surface area (Å²) in [7, 11) is 0. The highest BCUT2D eigenvalue weighted by Crippen LogP contribution is 2.21. The van der Waals surface area contributed by atoms with Gasteiger partial charge in [0, 0.05) is 12.7 Å². The zero-order valence-corrected chi connectivity index (χ0v) is 11.4. The maximum Gasteiger partial charge on any atom is 0.271 e. The molecule has 5 heteroatoms. The Bertz CT molecular complexity index is 399. The molecule has 0 aliphatic rings. The Balaban J connectivity index is 2.53. The maximum atomic E-state index is 11.8. The molecule has 0 spiro atoms. The number of nitrogens with one attached hydrogen (secondary N) is 1. The van der Waals surface area contributed by atoms with Crippen LogP contribution in [0, 0.1) is 12.3 Å². The quantitative estimate of drug-likeness (QED) is 0.827. The van der Waals surface area contributed by atoms with E-state index in [1.54, 1.807) is 13.1 Å². The molecule has 0 fully saturated rings. The van der Waals surface area contributed by atoms with Crippen molar-refractivity contribution in [3.8, 4) is 0 Å². The highest BCUT2D eigenvalue weighted by Gasteiger charge is 2.21. The molecule has 2 N–H and O–H groups in total. The fourth-order valence-electron chi connectivity index (χ4n) is 1.79. The van der Waals surface area contributed by atoms with Gasteiger partial charge < -0.3 is 10.4 Å². The average Bonchev–Trinajstić information content (AvgIpc) is 2.25. The number of carbonyl (C=O) groups is 1. The van der Waals surface area contributed by atoms with Crippen molar-refractivity contribution >= 4 is 5.91 Å². The van der Waals surface area contributed by atoms with Gasteiger partial charge in [0.25, 0.3) is 5.91 Å². The van der Waals surface area contributed by atoms with Crippen molar-refractivity contribution in [2.75, 3.05) is 6.54 Å². The van der Waals surface area contributed by atoms with Crippen molar-refractivity contribution in [2.45, 2.75) is 40.2 Å². The van der Waals surface area contributed by atoms with Crippen LogP contribution in [-0.4, -0.2) is 33.6 Å². The van der Waals surface area contributed by atoms with Gasteiger partial charge >= 0.3 is 0 Å². The summed E-state index contributed by atoms with van der Waals surface area (Å²) in [5.41, 5.74) is 0.941. The Morgan fingerprint density at radius 2 is 2.11 bits per heavy atom. The fourth-order valence-corrected chi connectivity index (χ4v) is 1.79. The molecular weight excluding hydrogens is 230 g/mol. The van der Waals surface area contributed by atoms with Crippen LogP contribution in [0.2, 0.25) is 0 Å². The van der Waals surface area contributed by atoms with Crippen LogP contribution in [0.25, 0.3) is 0 Å². The Hall–Kier alpha value is -1.49. The topological polar surface area (TPSA) is 75.1 Å². The molecule has 1 aromatic heterocycles. The Kier molecular flexibility index (Phi) is 4.78. The van der Waals surface area contributed by atoms with Crippen molar-refractivity contribution in [2.24, 2.45) is 5.41 Å². The van der Waals surface area contributed by atoms with Gasteiger partial charge in [-0.25, -0.2) is 4.98 Å². The third kappa shape index (κ3) is 4.79. The molecule has 0 bridgehead atoms. The molecule has 18 heavy (non-hydrogen) atoms. The second-order valence-corrected chi connectivity index (χ2v) is 5.44. The predicted octanol–water partition coefficient (Wildman–Crippen LogP) is 1.31. The Morgan fingerprint density at radius 3 is 2.61 bits per heavy atom. The third-order valence-electron chi connectivity index (χ3n) is 2.59. The first-order valence-electron chi connectivity index (χ1n) is 6.05. The van der Waals surface area contributed by atoms with Crippen molar-refractivity contribution in [1.29, 1.82) is 0 Å². The van der Waals surface area contributed by atoms with E-state index in [9.17, 15) is 9.90 Å². The second-order valence-electron chi connectivity index (χ2n) is 5.44. The van der Waals surface area contributed by atoms with Crippen molar-refractivity contribution in [1.82, 2.24) is 15.3 Å². The molecule has 0 radical (unpaired) electrons. The fraction of sp³-hybridized carbons (Fsp3) is 0.615. The summed E-state index contributed by atoms with van der Waals surface area (Å²) in [5.74, 6) is -0.235. The SMILES string of the molecule is Cc1cnc(C(=O)NCC(C)(C)CC(C)O)cn1. The second kappa shape index (κ2) is 5.91. The molecule has 1 atom stereocenters. The van der Waals surface area contributed by atoms with Gasteiger partial charge in [-0.05, 0) is 25.7 Å². The lowest BCUT2D eigenvalue weighted by molar-refractivity contribution is 0.0897. The van der Waals surface area contributed by atoms with Gasteiger partial charge in [0.2, 0.25) is 0 Å². The van der Waals surface area contributed by atoms with E-state index in [1.807, 2.05) is 20.8 Å². The van der Waals surface area contributed by atoms with E-state index in [0.29, 0.717) is 18.7 Å². The number of aromatic nitrogens is 2. The summed E-state index contributed by atoms with van der Waals surface area (Å²) in [4.78, 5) is 19.9. The van der Waals surface area contributed by atoms with E-state index in [1.165, 1.54) is 6.20 Å². The zero-order chi connectivity index (χ0) is 13.8. The Labute approximate surface area is 108 Å². The van der Waals surface area contributed by atoms with Gasteiger partial charge in [-0.2, -0.15) is 0 Å². The molecule has 1 unspecified atom stereocenters. The molecule has 1 heterocycles. The van der Waals surface area contributed by atoms with Gasteiger partial charge in [0.05, 0.1) is 18.0 Å². The molecular formula is C13H21N3O2. The number of rotatable bonds is 5. The van der Waals surface area contributed by atoms with Gasteiger partial charge in [-0.3, -0.25) is 9.78 Å². The lowest BCUT2D eigenvalue weighted by Gasteiger charge is -2.26. The molecule has 0 aromatic carbocycles. The molecule has 5 nitrogen and oxygen atoms in total. The van der Waals surface area contributed by atoms with Gasteiger partial charge in [0.15, 0.2) is 0 Å². The summed E-state index contributed by atoms with van der Waals surface area (Å²) in [6, 6.07) is 0. The van der Waals surface area contributed by atoms with E-state index in [-0.39, 0.29) is 17.4 Å². The number of hydrogen-bond donors (Lipinski definition) is 2. The normalized spacial score (nSPS) is 13.2. The summed E-state index contributed by atoms with van der Waals surface area (Å²) in [5, 5.41) is 12.2. The molecule has 0 saturated heterocycles. The van der Waals surface area contributed by atoms with Crippen LogP contribution in [0.1, 0.15) is 43.4 Å². The lowest BCUT2D eigenvalue weighted by Crippen LogP contribution is -2.36. The molecule has 1 rings (SSSR count). The van der Waals surface area contributed by atoms with Gasteiger partial charge in [-0.15, -0.1) is 0 Å². The van der Waals surface area contributed by atoms with E-state index in [4.69, 9.17) is 0 Å². The first kappa shape index (κ1) is 14.6. The number of amides is 1. The standard InChI is InChI=1S/C13H21N3O2/c1-9-6-15-11(7-14-9)12(18)16-8-13(3,4)5-10(2)17/h6-7,10,17H,5,8H2,1-4H3,(H,16,18). The minimum atomic E-state index is -0.379. The first-order chi connectivity index (χ1) is 8.30. The van der Waals surface area contributed by atoms with E-state index in [2.05, 4.69) is 15.3 Å². The van der Waals surface area contributed by atoms with Crippen LogP contribution >= 0.6 is 0 Å². The zero-order valence-electron chi connectivity index (χ0n) is 11.4. The van der Waals surface area contributed by atoms with Crippen molar-refractivity contribution in [3.63, 3.8) is 0 Å². The molecule has 100 valence electrons. The lowest BCUT2D eigenvalue weighted by atomic mass is 9.87. The van der Waals surface area contributed by atoms with Crippen LogP contribution in [0.15, 0.2) is 12.4 Å². The average molecular weight is 251 g/mol. The van der Waals surface area contributed by atoms with Crippen LogP contribution in [-0.2, 0) is 0 Å². The van der Waals surface area contributed by atoms with E-state index >= 15 is 0 Å². The highest BCUT2D eigenvalue weighted by molar-refractivity contribution is 5.91. The van der Waals surface area contributed by atoms with E-state index in [0.717, 1.165) is 5.69 Å². The predicted molar refractivity (Wildman–Crippen MR) is 69.2 cm³/mol. The summed E-state index contributed by atoms with van der Waals surface area (Å²) < 4.78 is 0.